The van der Waals surface area contributed by atoms with Gasteiger partial charge in [0.1, 0.15) is 12.4 Å². The fourth-order valence-corrected chi connectivity index (χ4v) is 3.67. The van der Waals surface area contributed by atoms with Crippen LogP contribution in [0.2, 0.25) is 0 Å². The third-order valence-corrected chi connectivity index (χ3v) is 5.37. The molecule has 1 atom stereocenters. The van der Waals surface area contributed by atoms with Gasteiger partial charge in [0.05, 0.1) is 0 Å². The second kappa shape index (κ2) is 8.32. The van der Waals surface area contributed by atoms with Crippen molar-refractivity contribution in [2.24, 2.45) is 11.8 Å². The van der Waals surface area contributed by atoms with E-state index >= 15 is 0 Å². The molecule has 25 heavy (non-hydrogen) atoms. The first kappa shape index (κ1) is 17.7. The number of likely N-dealkylation sites (tertiary alicyclic amines) is 1. The number of hydrogen-bond donors (Lipinski definition) is 1. The smallest absolute Gasteiger partial charge is 0.239 e. The van der Waals surface area contributed by atoms with Crippen molar-refractivity contribution in [2.75, 3.05) is 19.6 Å². The van der Waals surface area contributed by atoms with Crippen LogP contribution in [0.3, 0.4) is 0 Å². The van der Waals surface area contributed by atoms with Crippen molar-refractivity contribution in [1.82, 2.24) is 19.8 Å². The fourth-order valence-electron chi connectivity index (χ4n) is 3.67. The first-order valence-corrected chi connectivity index (χ1v) is 9.31. The van der Waals surface area contributed by atoms with Crippen molar-refractivity contribution in [3.63, 3.8) is 0 Å². The molecule has 0 bridgehead atoms. The van der Waals surface area contributed by atoms with E-state index < -0.39 is 0 Å². The fraction of sp³-hybridized carbons (Fsp3) is 0.632. The molecular formula is C19H28N4O2. The van der Waals surface area contributed by atoms with Crippen LogP contribution in [0.25, 0.3) is 0 Å². The summed E-state index contributed by atoms with van der Waals surface area (Å²) in [5.41, 5.74) is 0. The van der Waals surface area contributed by atoms with Gasteiger partial charge in [0, 0.05) is 37.9 Å². The highest BCUT2D eigenvalue weighted by atomic mass is 16.2. The second-order valence-corrected chi connectivity index (χ2v) is 7.16. The molecule has 1 aromatic rings. The first-order chi connectivity index (χ1) is 12.1. The van der Waals surface area contributed by atoms with Gasteiger partial charge in [-0.05, 0) is 44.9 Å². The van der Waals surface area contributed by atoms with Gasteiger partial charge in [-0.15, -0.1) is 0 Å². The van der Waals surface area contributed by atoms with Crippen molar-refractivity contribution in [3.05, 3.63) is 30.4 Å². The summed E-state index contributed by atoms with van der Waals surface area (Å²) in [5, 5.41) is 3.03. The standard InChI is InChI=1S/C19H28N4O2/c1-15-20-9-12-23(15)14-18(24)21-13-16-7-10-22(11-8-16)19(25)17-5-3-2-4-6-17/h2-3,9,12,16-17H,4-8,10-11,13-14H2,1H3,(H,21,24). The summed E-state index contributed by atoms with van der Waals surface area (Å²) < 4.78 is 1.84. The lowest BCUT2D eigenvalue weighted by atomic mass is 9.91. The molecule has 136 valence electrons. The first-order valence-electron chi connectivity index (χ1n) is 9.31. The van der Waals surface area contributed by atoms with Crippen LogP contribution in [-0.2, 0) is 16.1 Å². The number of aryl methyl sites for hydroxylation is 1. The summed E-state index contributed by atoms with van der Waals surface area (Å²) in [7, 11) is 0. The molecule has 6 nitrogen and oxygen atoms in total. The van der Waals surface area contributed by atoms with E-state index in [-0.39, 0.29) is 11.8 Å². The van der Waals surface area contributed by atoms with E-state index in [2.05, 4.69) is 22.5 Å². The van der Waals surface area contributed by atoms with Crippen LogP contribution in [-0.4, -0.2) is 45.9 Å². The van der Waals surface area contributed by atoms with Crippen LogP contribution in [0.5, 0.6) is 0 Å². The Morgan fingerprint density at radius 2 is 2.04 bits per heavy atom. The van der Waals surface area contributed by atoms with Crippen molar-refractivity contribution in [3.8, 4) is 0 Å². The highest BCUT2D eigenvalue weighted by molar-refractivity contribution is 5.79. The largest absolute Gasteiger partial charge is 0.354 e. The second-order valence-electron chi connectivity index (χ2n) is 7.16. The van der Waals surface area contributed by atoms with Crippen LogP contribution in [0, 0.1) is 18.8 Å². The molecule has 1 aromatic heterocycles. The van der Waals surface area contributed by atoms with E-state index in [0.29, 0.717) is 24.9 Å². The van der Waals surface area contributed by atoms with Crippen molar-refractivity contribution in [2.45, 2.75) is 45.6 Å². The van der Waals surface area contributed by atoms with E-state index in [0.717, 1.165) is 51.0 Å². The summed E-state index contributed by atoms with van der Waals surface area (Å²) in [6.45, 7) is 4.54. The third-order valence-electron chi connectivity index (χ3n) is 5.37. The lowest BCUT2D eigenvalue weighted by Crippen LogP contribution is -2.44. The third kappa shape index (κ3) is 4.71. The summed E-state index contributed by atoms with van der Waals surface area (Å²) in [6.07, 6.45) is 12.7. The average molecular weight is 344 g/mol. The summed E-state index contributed by atoms with van der Waals surface area (Å²) >= 11 is 0. The molecule has 0 radical (unpaired) electrons. The maximum absolute atomic E-state index is 12.5. The molecule has 1 N–H and O–H groups in total. The Hall–Kier alpha value is -2.11. The van der Waals surface area contributed by atoms with Crippen LogP contribution < -0.4 is 5.32 Å². The van der Waals surface area contributed by atoms with E-state index in [1.54, 1.807) is 6.20 Å². The predicted octanol–water partition coefficient (Wildman–Crippen LogP) is 1.90. The van der Waals surface area contributed by atoms with Gasteiger partial charge in [0.2, 0.25) is 11.8 Å². The van der Waals surface area contributed by atoms with Crippen molar-refractivity contribution in [1.29, 1.82) is 0 Å². The predicted molar refractivity (Wildman–Crippen MR) is 95.8 cm³/mol. The number of aromatic nitrogens is 2. The summed E-state index contributed by atoms with van der Waals surface area (Å²) in [6, 6.07) is 0. The Morgan fingerprint density at radius 3 is 2.68 bits per heavy atom. The minimum atomic E-state index is 0.0219. The lowest BCUT2D eigenvalue weighted by Gasteiger charge is -2.34. The SMILES string of the molecule is Cc1nccn1CC(=O)NCC1CCN(C(=O)C2CC=CCC2)CC1. The van der Waals surface area contributed by atoms with Crippen molar-refractivity contribution >= 4 is 11.8 Å². The van der Waals surface area contributed by atoms with Gasteiger partial charge in [-0.25, -0.2) is 4.98 Å². The average Bonchev–Trinajstić information content (AvgIpc) is 3.05. The van der Waals surface area contributed by atoms with Gasteiger partial charge in [-0.2, -0.15) is 0 Å². The number of nitrogens with zero attached hydrogens (tertiary/aromatic N) is 3. The Labute approximate surface area is 149 Å². The summed E-state index contributed by atoms with van der Waals surface area (Å²) in [5.74, 6) is 1.83. The van der Waals surface area contributed by atoms with E-state index in [1.165, 1.54) is 0 Å². The normalized spacial score (nSPS) is 21.3. The zero-order valence-corrected chi connectivity index (χ0v) is 15.0. The minimum Gasteiger partial charge on any atom is -0.354 e. The Balaban J connectivity index is 1.37. The van der Waals surface area contributed by atoms with E-state index in [4.69, 9.17) is 0 Å². The number of hydrogen-bond acceptors (Lipinski definition) is 3. The maximum Gasteiger partial charge on any atom is 0.239 e. The van der Waals surface area contributed by atoms with Gasteiger partial charge in [0.25, 0.3) is 0 Å². The van der Waals surface area contributed by atoms with Crippen molar-refractivity contribution < 1.29 is 9.59 Å². The molecule has 3 rings (SSSR count). The molecule has 6 heteroatoms. The molecule has 1 aliphatic carbocycles. The number of carbonyl (C=O) groups is 2. The highest BCUT2D eigenvalue weighted by Gasteiger charge is 2.28. The molecule has 0 aromatic carbocycles. The number of allylic oxidation sites excluding steroid dienone is 2. The van der Waals surface area contributed by atoms with Gasteiger partial charge >= 0.3 is 0 Å². The number of nitrogens with one attached hydrogen (secondary N) is 1. The maximum atomic E-state index is 12.5. The monoisotopic (exact) mass is 344 g/mol. The van der Waals surface area contributed by atoms with Gasteiger partial charge < -0.3 is 14.8 Å². The topological polar surface area (TPSA) is 67.2 Å². The molecule has 1 unspecified atom stereocenters. The summed E-state index contributed by atoms with van der Waals surface area (Å²) in [4.78, 5) is 30.8. The van der Waals surface area contributed by atoms with Gasteiger partial charge in [0.15, 0.2) is 0 Å². The molecule has 1 aliphatic heterocycles. The zero-order chi connectivity index (χ0) is 17.6. The Kier molecular flexibility index (Phi) is 5.89. The number of piperidine rings is 1. The molecule has 0 spiro atoms. The number of imidazole rings is 1. The Bertz CT molecular complexity index is 629. The molecule has 2 aliphatic rings. The van der Waals surface area contributed by atoms with Crippen LogP contribution >= 0.6 is 0 Å². The molecular weight excluding hydrogens is 316 g/mol. The Morgan fingerprint density at radius 1 is 1.24 bits per heavy atom. The molecule has 2 amide bonds. The van der Waals surface area contributed by atoms with E-state index in [9.17, 15) is 9.59 Å². The van der Waals surface area contributed by atoms with Crippen LogP contribution in [0.4, 0.5) is 0 Å². The van der Waals surface area contributed by atoms with Gasteiger partial charge in [-0.3, -0.25) is 9.59 Å². The quantitative estimate of drug-likeness (QED) is 0.830. The highest BCUT2D eigenvalue weighted by Crippen LogP contribution is 2.24. The zero-order valence-electron chi connectivity index (χ0n) is 15.0. The minimum absolute atomic E-state index is 0.0219. The number of rotatable bonds is 5. The van der Waals surface area contributed by atoms with Crippen LogP contribution in [0.15, 0.2) is 24.5 Å². The number of amides is 2. The van der Waals surface area contributed by atoms with Crippen LogP contribution in [0.1, 0.15) is 37.9 Å². The van der Waals surface area contributed by atoms with Gasteiger partial charge in [-0.1, -0.05) is 12.2 Å². The lowest BCUT2D eigenvalue weighted by molar-refractivity contribution is -0.137. The number of carbonyl (C=O) groups excluding carboxylic acids is 2. The molecule has 0 saturated carbocycles. The van der Waals surface area contributed by atoms with E-state index in [1.807, 2.05) is 22.6 Å². The molecule has 1 fully saturated rings. The molecule has 1 saturated heterocycles. The molecule has 2 heterocycles.